The number of imide groups is 2. The first-order valence-electron chi connectivity index (χ1n) is 18.9. The highest BCUT2D eigenvalue weighted by Crippen LogP contribution is 2.65. The minimum absolute atomic E-state index is 0.00442. The van der Waals surface area contributed by atoms with Crippen LogP contribution in [0.3, 0.4) is 0 Å². The Morgan fingerprint density at radius 1 is 0.746 bits per heavy atom. The van der Waals surface area contributed by atoms with E-state index >= 15 is 9.59 Å². The van der Waals surface area contributed by atoms with Crippen molar-refractivity contribution in [3.8, 4) is 5.75 Å². The molecule has 0 aromatic heterocycles. The molecule has 0 radical (unpaired) electrons. The third-order valence-corrected chi connectivity index (χ3v) is 12.8. The second-order valence-corrected chi connectivity index (χ2v) is 16.0. The second kappa shape index (κ2) is 13.6. The summed E-state index contributed by atoms with van der Waals surface area (Å²) in [6.45, 7) is 0. The fraction of sp³-hybridized carbons (Fsp3) is 0.227. The number of nitro groups is 2. The zero-order valence-electron chi connectivity index (χ0n) is 31.5. The van der Waals surface area contributed by atoms with E-state index in [1.807, 2.05) is 30.3 Å². The number of aromatic hydroxyl groups is 1. The number of carbonyl (C=O) groups excluding carboxylic acids is 4. The molecule has 296 valence electrons. The quantitative estimate of drug-likeness (QED) is 0.0750. The van der Waals surface area contributed by atoms with E-state index in [-0.39, 0.29) is 35.7 Å². The molecule has 2 heterocycles. The number of rotatable bonds is 7. The summed E-state index contributed by atoms with van der Waals surface area (Å²) in [5.74, 6) is -7.25. The van der Waals surface area contributed by atoms with Crippen LogP contribution >= 0.6 is 11.6 Å². The number of amides is 4. The standard InChI is InChI=1S/C44H34ClN5O9/c1-46(2)39-34(49(56)57)20-26(21-35(39)50(58)59)47-40(52)31-16-15-30-32(37(31)42(47)54)22-33-41(53)48(25-12-8-11-24(45)19-25)43(55)44(33,23-9-4-3-5-10-23)38(30)29-17-18-36(51)28-14-7-6-13-27(28)29/h3-15,17-21,31-33,37-38,51H,16,22H2,1-2H3/t31-,32+,33-,37-,38-,44+/m0/s1. The Balaban J connectivity index is 1.27. The van der Waals surface area contributed by atoms with Gasteiger partial charge in [-0.05, 0) is 59.5 Å². The highest BCUT2D eigenvalue weighted by molar-refractivity contribution is 6.32. The topological polar surface area (TPSA) is 185 Å². The van der Waals surface area contributed by atoms with Gasteiger partial charge in [-0.2, -0.15) is 0 Å². The number of allylic oxidation sites excluding steroid dienone is 2. The van der Waals surface area contributed by atoms with Crippen molar-refractivity contribution in [1.29, 1.82) is 0 Å². The van der Waals surface area contributed by atoms with Crippen molar-refractivity contribution < 1.29 is 34.1 Å². The molecule has 0 spiro atoms. The molecule has 6 atom stereocenters. The number of fused-ring (bicyclic) bond motifs is 5. The number of nitro benzene ring substituents is 2. The minimum Gasteiger partial charge on any atom is -0.507 e. The van der Waals surface area contributed by atoms with Gasteiger partial charge in [0, 0.05) is 42.6 Å². The van der Waals surface area contributed by atoms with Crippen LogP contribution in [0.4, 0.5) is 28.4 Å². The Bertz CT molecular complexity index is 2700. The zero-order valence-corrected chi connectivity index (χ0v) is 32.3. The van der Waals surface area contributed by atoms with Gasteiger partial charge >= 0.3 is 11.4 Å². The van der Waals surface area contributed by atoms with E-state index in [0.29, 0.717) is 32.5 Å². The SMILES string of the molecule is CN(C)c1c([N+](=O)[O-])cc(N2C(=O)[C@H]3[C@H](CC=C4[C@H]3C[C@H]3C(=O)N(c5cccc(Cl)c5)C(=O)[C@@]3(c3ccccc3)[C@H]4c3ccc(O)c4ccccc34)C2=O)cc1[N+](=O)[O-]. The van der Waals surface area contributed by atoms with Crippen molar-refractivity contribution in [1.82, 2.24) is 0 Å². The van der Waals surface area contributed by atoms with Crippen molar-refractivity contribution >= 4 is 74.4 Å². The number of benzene rings is 5. The van der Waals surface area contributed by atoms with Gasteiger partial charge in [-0.1, -0.05) is 90.0 Å². The van der Waals surface area contributed by atoms with Crippen molar-refractivity contribution in [2.45, 2.75) is 24.2 Å². The molecule has 4 amide bonds. The molecule has 14 nitrogen and oxygen atoms in total. The van der Waals surface area contributed by atoms with Gasteiger partial charge in [0.15, 0.2) is 5.69 Å². The summed E-state index contributed by atoms with van der Waals surface area (Å²) in [5.41, 5.74) is -1.40. The predicted molar refractivity (Wildman–Crippen MR) is 218 cm³/mol. The number of carbonyl (C=O) groups is 4. The third kappa shape index (κ3) is 5.32. The molecule has 0 unspecified atom stereocenters. The largest absolute Gasteiger partial charge is 0.507 e. The van der Waals surface area contributed by atoms with Crippen LogP contribution in [-0.2, 0) is 24.6 Å². The van der Waals surface area contributed by atoms with E-state index in [1.54, 1.807) is 60.7 Å². The van der Waals surface area contributed by atoms with E-state index in [0.717, 1.165) is 21.9 Å². The number of hydrogen-bond donors (Lipinski definition) is 1. The molecule has 9 rings (SSSR count). The van der Waals surface area contributed by atoms with Crippen LogP contribution in [0.25, 0.3) is 10.8 Å². The lowest BCUT2D eigenvalue weighted by Gasteiger charge is -2.51. The van der Waals surface area contributed by atoms with Crippen LogP contribution < -0.4 is 14.7 Å². The first kappa shape index (κ1) is 37.6. The Labute approximate surface area is 341 Å². The Kier molecular flexibility index (Phi) is 8.67. The van der Waals surface area contributed by atoms with Gasteiger partial charge in [0.05, 0.1) is 44.4 Å². The summed E-state index contributed by atoms with van der Waals surface area (Å²) in [6, 6.07) is 27.9. The average molecular weight is 812 g/mol. The Morgan fingerprint density at radius 2 is 1.41 bits per heavy atom. The van der Waals surface area contributed by atoms with Gasteiger partial charge in [0.1, 0.15) is 5.75 Å². The van der Waals surface area contributed by atoms with Crippen LogP contribution in [-0.4, -0.2) is 52.7 Å². The number of halogens is 1. The molecule has 2 aliphatic carbocycles. The van der Waals surface area contributed by atoms with Crippen molar-refractivity contribution in [3.63, 3.8) is 0 Å². The summed E-state index contributed by atoms with van der Waals surface area (Å²) in [4.78, 5) is 86.3. The van der Waals surface area contributed by atoms with Crippen LogP contribution in [0, 0.1) is 43.9 Å². The Hall–Kier alpha value is -6.93. The fourth-order valence-electron chi connectivity index (χ4n) is 10.4. The maximum Gasteiger partial charge on any atom is 0.301 e. The number of phenols is 1. The lowest BCUT2D eigenvalue weighted by atomic mass is 9.49. The normalized spacial score (nSPS) is 24.8. The molecular weight excluding hydrogens is 778 g/mol. The summed E-state index contributed by atoms with van der Waals surface area (Å²) in [5, 5.41) is 37.1. The van der Waals surface area contributed by atoms with E-state index in [4.69, 9.17) is 11.6 Å². The third-order valence-electron chi connectivity index (χ3n) is 12.6. The average Bonchev–Trinajstić information content (AvgIpc) is 3.61. The van der Waals surface area contributed by atoms with Crippen LogP contribution in [0.1, 0.15) is 29.9 Å². The number of anilines is 3. The predicted octanol–water partition coefficient (Wildman–Crippen LogP) is 7.45. The van der Waals surface area contributed by atoms with Crippen molar-refractivity contribution in [2.75, 3.05) is 28.8 Å². The second-order valence-electron chi connectivity index (χ2n) is 15.6. The van der Waals surface area contributed by atoms with Gasteiger partial charge in [-0.15, -0.1) is 0 Å². The van der Waals surface area contributed by atoms with Gasteiger partial charge in [0.25, 0.3) is 0 Å². The minimum atomic E-state index is -1.58. The number of nitrogens with zero attached hydrogens (tertiary/aromatic N) is 5. The maximum atomic E-state index is 15.6. The number of hydrogen-bond acceptors (Lipinski definition) is 10. The summed E-state index contributed by atoms with van der Waals surface area (Å²) >= 11 is 6.43. The first-order chi connectivity index (χ1) is 28.3. The summed E-state index contributed by atoms with van der Waals surface area (Å²) in [6.07, 6.45) is 1.88. The molecule has 0 bridgehead atoms. The molecule has 2 saturated heterocycles. The van der Waals surface area contributed by atoms with Crippen molar-refractivity contribution in [2.24, 2.45) is 23.7 Å². The molecule has 3 fully saturated rings. The molecule has 4 aliphatic rings. The highest BCUT2D eigenvalue weighted by Gasteiger charge is 2.70. The summed E-state index contributed by atoms with van der Waals surface area (Å²) in [7, 11) is 2.83. The van der Waals surface area contributed by atoms with Crippen molar-refractivity contribution in [3.05, 3.63) is 151 Å². The van der Waals surface area contributed by atoms with Crippen LogP contribution in [0.15, 0.2) is 115 Å². The molecular formula is C44H34ClN5O9. The van der Waals surface area contributed by atoms with Crippen LogP contribution in [0.2, 0.25) is 5.02 Å². The smallest absolute Gasteiger partial charge is 0.301 e. The fourth-order valence-corrected chi connectivity index (χ4v) is 10.5. The first-order valence-corrected chi connectivity index (χ1v) is 19.3. The van der Waals surface area contributed by atoms with Gasteiger partial charge < -0.3 is 10.0 Å². The highest BCUT2D eigenvalue weighted by atomic mass is 35.5. The van der Waals surface area contributed by atoms with Gasteiger partial charge in [-0.3, -0.25) is 39.4 Å². The van der Waals surface area contributed by atoms with Crippen LogP contribution in [0.5, 0.6) is 5.75 Å². The molecule has 1 N–H and O–H groups in total. The molecule has 15 heteroatoms. The van der Waals surface area contributed by atoms with Gasteiger partial charge in [-0.25, -0.2) is 9.80 Å². The molecule has 5 aromatic rings. The Morgan fingerprint density at radius 3 is 2.05 bits per heavy atom. The molecule has 2 aliphatic heterocycles. The van der Waals surface area contributed by atoms with Gasteiger partial charge in [0.2, 0.25) is 23.6 Å². The maximum absolute atomic E-state index is 15.6. The molecule has 5 aromatic carbocycles. The van der Waals surface area contributed by atoms with E-state index < -0.39 is 79.9 Å². The molecule has 1 saturated carbocycles. The van der Waals surface area contributed by atoms with E-state index in [2.05, 4.69) is 0 Å². The summed E-state index contributed by atoms with van der Waals surface area (Å²) < 4.78 is 0. The zero-order chi connectivity index (χ0) is 41.7. The van der Waals surface area contributed by atoms with E-state index in [1.165, 1.54) is 25.1 Å². The monoisotopic (exact) mass is 811 g/mol. The van der Waals surface area contributed by atoms with E-state index in [9.17, 15) is 34.9 Å². The number of phenolic OH excluding ortho intramolecular Hbond substituents is 1. The molecule has 59 heavy (non-hydrogen) atoms. The lowest BCUT2D eigenvalue weighted by Crippen LogP contribution is -2.53. The lowest BCUT2D eigenvalue weighted by molar-refractivity contribution is -0.392.